The van der Waals surface area contributed by atoms with E-state index in [9.17, 15) is 14.4 Å². The van der Waals surface area contributed by atoms with Crippen LogP contribution in [0.15, 0.2) is 60.7 Å². The zero-order valence-electron chi connectivity index (χ0n) is 14.9. The summed E-state index contributed by atoms with van der Waals surface area (Å²) in [6, 6.07) is 16.9. The molecule has 0 bridgehead atoms. The summed E-state index contributed by atoms with van der Waals surface area (Å²) < 4.78 is 10.1. The first kappa shape index (κ1) is 20.5. The van der Waals surface area contributed by atoms with E-state index in [0.717, 1.165) is 17.3 Å². The first-order valence-corrected chi connectivity index (χ1v) is 9.44. The highest BCUT2D eigenvalue weighted by molar-refractivity contribution is 8.14. The molecule has 27 heavy (non-hydrogen) atoms. The monoisotopic (exact) mass is 387 g/mol. The molecule has 142 valence electrons. The highest BCUT2D eigenvalue weighted by atomic mass is 32.2. The van der Waals surface area contributed by atoms with Crippen molar-refractivity contribution in [3.05, 3.63) is 71.8 Å². The van der Waals surface area contributed by atoms with E-state index in [2.05, 4.69) is 5.32 Å². The number of esters is 1. The maximum Gasteiger partial charge on any atom is 0.408 e. The van der Waals surface area contributed by atoms with Gasteiger partial charge in [-0.3, -0.25) is 4.79 Å². The van der Waals surface area contributed by atoms with Crippen molar-refractivity contribution in [1.82, 2.24) is 5.32 Å². The molecule has 0 spiro atoms. The third-order valence-corrected chi connectivity index (χ3v) is 4.46. The Kier molecular flexibility index (Phi) is 8.38. The molecule has 7 heteroatoms. The number of ether oxygens (including phenoxy) is 2. The maximum atomic E-state index is 12.2. The number of carbonyl (C=O) groups excluding carboxylic acids is 3. The number of carbonyl (C=O) groups is 3. The van der Waals surface area contributed by atoms with Crippen molar-refractivity contribution in [2.75, 3.05) is 12.4 Å². The number of benzene rings is 2. The summed E-state index contributed by atoms with van der Waals surface area (Å²) in [5.74, 6) is -0.560. The number of hydrogen-bond acceptors (Lipinski definition) is 6. The number of amides is 1. The predicted octanol–water partition coefficient (Wildman–Crippen LogP) is 3.42. The van der Waals surface area contributed by atoms with Crippen molar-refractivity contribution < 1.29 is 23.9 Å². The summed E-state index contributed by atoms with van der Waals surface area (Å²) in [4.78, 5) is 36.3. The van der Waals surface area contributed by atoms with Crippen LogP contribution >= 0.6 is 11.8 Å². The van der Waals surface area contributed by atoms with Crippen LogP contribution in [0, 0.1) is 0 Å². The van der Waals surface area contributed by atoms with Gasteiger partial charge in [0.1, 0.15) is 12.6 Å². The SMILES string of the molecule is CCOC(=O)[C@H](CSC(=O)c1ccccc1)NC(=O)OCc1ccccc1. The molecule has 0 aromatic heterocycles. The Morgan fingerprint density at radius 1 is 0.963 bits per heavy atom. The number of thioether (sulfide) groups is 1. The van der Waals surface area contributed by atoms with Crippen LogP contribution in [-0.4, -0.2) is 35.6 Å². The lowest BCUT2D eigenvalue weighted by molar-refractivity contribution is -0.144. The minimum atomic E-state index is -0.981. The molecule has 1 N–H and O–H groups in total. The Morgan fingerprint density at radius 3 is 2.22 bits per heavy atom. The summed E-state index contributed by atoms with van der Waals surface area (Å²) in [5, 5.41) is 2.28. The van der Waals surface area contributed by atoms with Crippen molar-refractivity contribution in [2.24, 2.45) is 0 Å². The molecule has 0 saturated heterocycles. The van der Waals surface area contributed by atoms with E-state index < -0.39 is 18.1 Å². The van der Waals surface area contributed by atoms with Gasteiger partial charge in [0.2, 0.25) is 5.12 Å². The smallest absolute Gasteiger partial charge is 0.408 e. The van der Waals surface area contributed by atoms with Gasteiger partial charge in [-0.05, 0) is 12.5 Å². The molecule has 0 aliphatic carbocycles. The second-order valence-corrected chi connectivity index (χ2v) is 6.47. The normalized spacial score (nSPS) is 11.3. The summed E-state index contributed by atoms with van der Waals surface area (Å²) >= 11 is 0.938. The summed E-state index contributed by atoms with van der Waals surface area (Å²) in [6.07, 6.45) is -0.746. The van der Waals surface area contributed by atoms with Crippen molar-refractivity contribution >= 4 is 28.9 Å². The van der Waals surface area contributed by atoms with Crippen LogP contribution in [0.25, 0.3) is 0 Å². The van der Waals surface area contributed by atoms with Gasteiger partial charge in [0, 0.05) is 11.3 Å². The Morgan fingerprint density at radius 2 is 1.59 bits per heavy atom. The van der Waals surface area contributed by atoms with Gasteiger partial charge in [-0.2, -0.15) is 0 Å². The molecule has 2 aromatic rings. The molecule has 0 radical (unpaired) electrons. The van der Waals surface area contributed by atoms with Crippen molar-refractivity contribution in [3.8, 4) is 0 Å². The minimum Gasteiger partial charge on any atom is -0.464 e. The van der Waals surface area contributed by atoms with Crippen LogP contribution < -0.4 is 5.32 Å². The zero-order valence-corrected chi connectivity index (χ0v) is 15.7. The lowest BCUT2D eigenvalue weighted by atomic mass is 10.2. The third kappa shape index (κ3) is 7.15. The molecule has 0 fully saturated rings. The van der Waals surface area contributed by atoms with Crippen LogP contribution in [0.2, 0.25) is 0 Å². The molecule has 2 aromatic carbocycles. The largest absolute Gasteiger partial charge is 0.464 e. The zero-order chi connectivity index (χ0) is 19.5. The van der Waals surface area contributed by atoms with Crippen LogP contribution in [0.4, 0.5) is 4.79 Å². The minimum absolute atomic E-state index is 0.0486. The van der Waals surface area contributed by atoms with Crippen LogP contribution in [-0.2, 0) is 20.9 Å². The fraction of sp³-hybridized carbons (Fsp3) is 0.250. The molecule has 1 amide bonds. The van der Waals surface area contributed by atoms with Gasteiger partial charge < -0.3 is 14.8 Å². The molecule has 0 heterocycles. The van der Waals surface area contributed by atoms with Crippen LogP contribution in [0.5, 0.6) is 0 Å². The van der Waals surface area contributed by atoms with E-state index in [1.165, 1.54) is 0 Å². The Balaban J connectivity index is 1.90. The summed E-state index contributed by atoms with van der Waals surface area (Å²) in [6.45, 7) is 1.93. The Hall–Kier alpha value is -2.80. The molecule has 2 rings (SSSR count). The maximum absolute atomic E-state index is 12.2. The average Bonchev–Trinajstić information content (AvgIpc) is 2.71. The summed E-state index contributed by atoms with van der Waals surface area (Å²) in [5.41, 5.74) is 1.35. The number of rotatable bonds is 8. The van der Waals surface area contributed by atoms with E-state index in [-0.39, 0.29) is 24.1 Å². The first-order chi connectivity index (χ1) is 13.1. The van der Waals surface area contributed by atoms with E-state index in [1.807, 2.05) is 36.4 Å². The molecule has 1 atom stereocenters. The average molecular weight is 387 g/mol. The molecule has 0 aliphatic heterocycles. The lowest BCUT2D eigenvalue weighted by Gasteiger charge is -2.16. The number of nitrogens with one attached hydrogen (secondary N) is 1. The first-order valence-electron chi connectivity index (χ1n) is 8.46. The Bertz CT molecular complexity index is 751. The van der Waals surface area contributed by atoms with E-state index in [1.54, 1.807) is 31.2 Å². The van der Waals surface area contributed by atoms with Gasteiger partial charge in [-0.1, -0.05) is 72.4 Å². The molecule has 0 saturated carbocycles. The number of hydrogen-bond donors (Lipinski definition) is 1. The third-order valence-electron chi connectivity index (χ3n) is 3.47. The van der Waals surface area contributed by atoms with Gasteiger partial charge in [0.25, 0.3) is 0 Å². The van der Waals surface area contributed by atoms with Crippen molar-refractivity contribution in [2.45, 2.75) is 19.6 Å². The van der Waals surface area contributed by atoms with Gasteiger partial charge in [0.15, 0.2) is 0 Å². The second-order valence-electron chi connectivity index (χ2n) is 5.48. The van der Waals surface area contributed by atoms with Gasteiger partial charge in [-0.15, -0.1) is 0 Å². The van der Waals surface area contributed by atoms with E-state index in [4.69, 9.17) is 9.47 Å². The number of alkyl carbamates (subject to hydrolysis) is 1. The van der Waals surface area contributed by atoms with Crippen LogP contribution in [0.3, 0.4) is 0 Å². The standard InChI is InChI=1S/C20H21NO5S/c1-2-25-18(22)17(14-27-19(23)16-11-7-4-8-12-16)21-20(24)26-13-15-9-5-3-6-10-15/h3-12,17H,2,13-14H2,1H3,(H,21,24)/t17-/m0/s1. The molecular weight excluding hydrogens is 366 g/mol. The fourth-order valence-corrected chi connectivity index (χ4v) is 2.98. The van der Waals surface area contributed by atoms with Crippen LogP contribution in [0.1, 0.15) is 22.8 Å². The molecule has 0 unspecified atom stereocenters. The van der Waals surface area contributed by atoms with Gasteiger partial charge >= 0.3 is 12.1 Å². The molecule has 6 nitrogen and oxygen atoms in total. The highest BCUT2D eigenvalue weighted by Crippen LogP contribution is 2.14. The lowest BCUT2D eigenvalue weighted by Crippen LogP contribution is -2.44. The van der Waals surface area contributed by atoms with Crippen molar-refractivity contribution in [3.63, 3.8) is 0 Å². The topological polar surface area (TPSA) is 81.7 Å². The van der Waals surface area contributed by atoms with E-state index in [0.29, 0.717) is 5.56 Å². The fourth-order valence-electron chi connectivity index (χ4n) is 2.14. The molecular formula is C20H21NO5S. The quantitative estimate of drug-likeness (QED) is 0.699. The van der Waals surface area contributed by atoms with Gasteiger partial charge in [0.05, 0.1) is 6.61 Å². The summed E-state index contributed by atoms with van der Waals surface area (Å²) in [7, 11) is 0. The van der Waals surface area contributed by atoms with Crippen molar-refractivity contribution in [1.29, 1.82) is 0 Å². The highest BCUT2D eigenvalue weighted by Gasteiger charge is 2.24. The predicted molar refractivity (Wildman–Crippen MR) is 103 cm³/mol. The molecule has 0 aliphatic rings. The van der Waals surface area contributed by atoms with Gasteiger partial charge in [-0.25, -0.2) is 9.59 Å². The second kappa shape index (κ2) is 11.0. The Labute approximate surface area is 162 Å². The van der Waals surface area contributed by atoms with E-state index >= 15 is 0 Å².